The van der Waals surface area contributed by atoms with Crippen LogP contribution in [0, 0.1) is 6.92 Å². The lowest BCUT2D eigenvalue weighted by Crippen LogP contribution is -2.20. The first-order valence-electron chi connectivity index (χ1n) is 5.08. The number of ether oxygens (including phenoxy) is 1. The summed E-state index contributed by atoms with van der Waals surface area (Å²) in [7, 11) is -0.398. The maximum absolute atomic E-state index is 8.81. The Morgan fingerprint density at radius 3 is 2.59 bits per heavy atom. The van der Waals surface area contributed by atoms with Gasteiger partial charge in [-0.15, -0.1) is 0 Å². The number of rotatable bonds is 3. The van der Waals surface area contributed by atoms with Gasteiger partial charge in [0.1, 0.15) is 5.75 Å². The molecular weight excluding hydrogens is 221 g/mol. The first-order chi connectivity index (χ1) is 8.10. The zero-order valence-electron chi connectivity index (χ0n) is 9.54. The third-order valence-electron chi connectivity index (χ3n) is 2.35. The Bertz CT molecular complexity index is 544. The van der Waals surface area contributed by atoms with Gasteiger partial charge in [-0.1, -0.05) is 6.07 Å². The lowest BCUT2D eigenvalue weighted by atomic mass is 10.1. The minimum atomic E-state index is -1.88. The fourth-order valence-electron chi connectivity index (χ4n) is 1.60. The lowest BCUT2D eigenvalue weighted by molar-refractivity contribution is 0.280. The van der Waals surface area contributed by atoms with Crippen molar-refractivity contribution in [3.8, 4) is 11.5 Å². The summed E-state index contributed by atoms with van der Waals surface area (Å²) in [5.41, 5.74) is 1.58. The molecule has 0 bridgehead atoms. The first kappa shape index (κ1) is 11.7. The highest BCUT2D eigenvalue weighted by atomic mass is 16.6. The van der Waals surface area contributed by atoms with Crippen LogP contribution in [-0.4, -0.2) is 29.5 Å². The number of aromatic nitrogens is 1. The van der Waals surface area contributed by atoms with Crippen LogP contribution < -0.4 is 9.39 Å². The van der Waals surface area contributed by atoms with Crippen LogP contribution in [0.25, 0.3) is 10.9 Å². The van der Waals surface area contributed by atoms with Crippen LogP contribution >= 0.6 is 0 Å². The third kappa shape index (κ3) is 2.48. The highest BCUT2D eigenvalue weighted by Crippen LogP contribution is 2.31. The Morgan fingerprint density at radius 2 is 1.94 bits per heavy atom. The van der Waals surface area contributed by atoms with E-state index in [1.807, 2.05) is 19.1 Å². The second-order valence-corrected chi connectivity index (χ2v) is 3.59. The monoisotopic (exact) mass is 233 g/mol. The van der Waals surface area contributed by atoms with Crippen molar-refractivity contribution >= 4 is 18.2 Å². The van der Waals surface area contributed by atoms with E-state index in [2.05, 4.69) is 4.98 Å². The van der Waals surface area contributed by atoms with E-state index in [9.17, 15) is 0 Å². The smallest absolute Gasteiger partial charge is 0.509 e. The van der Waals surface area contributed by atoms with Gasteiger partial charge in [0.05, 0.1) is 12.6 Å². The molecule has 2 rings (SSSR count). The normalized spacial score (nSPS) is 10.4. The maximum Gasteiger partial charge on any atom is 0.707 e. The number of methoxy groups -OCH3 is 1. The Kier molecular flexibility index (Phi) is 3.17. The van der Waals surface area contributed by atoms with Gasteiger partial charge in [-0.2, -0.15) is 0 Å². The zero-order valence-corrected chi connectivity index (χ0v) is 9.54. The average molecular weight is 233 g/mol. The predicted molar refractivity (Wildman–Crippen MR) is 63.9 cm³/mol. The standard InChI is InChI=1S/C11H12BNO4/c1-7-3-4-8-5-10(16-2)11(17-12(14)15)6-9(8)13-7/h3-6,14-15H,1-2H3. The fraction of sp³-hybridized carbons (Fsp3) is 0.182. The average Bonchev–Trinajstić information content (AvgIpc) is 2.27. The molecule has 1 aromatic carbocycles. The van der Waals surface area contributed by atoms with E-state index < -0.39 is 7.32 Å². The largest absolute Gasteiger partial charge is 0.707 e. The lowest BCUT2D eigenvalue weighted by Gasteiger charge is -2.11. The van der Waals surface area contributed by atoms with Gasteiger partial charge in [0.15, 0.2) is 5.75 Å². The number of fused-ring (bicyclic) bond motifs is 1. The van der Waals surface area contributed by atoms with E-state index in [0.717, 1.165) is 11.1 Å². The van der Waals surface area contributed by atoms with E-state index >= 15 is 0 Å². The van der Waals surface area contributed by atoms with Crippen molar-refractivity contribution in [3.05, 3.63) is 30.0 Å². The van der Waals surface area contributed by atoms with Crippen molar-refractivity contribution in [2.75, 3.05) is 7.11 Å². The van der Waals surface area contributed by atoms with Gasteiger partial charge in [-0.05, 0) is 19.1 Å². The van der Waals surface area contributed by atoms with E-state index in [-0.39, 0.29) is 5.75 Å². The van der Waals surface area contributed by atoms with E-state index in [4.69, 9.17) is 19.4 Å². The molecule has 0 atom stereocenters. The summed E-state index contributed by atoms with van der Waals surface area (Å²) in [6.45, 7) is 1.88. The van der Waals surface area contributed by atoms with E-state index in [1.165, 1.54) is 7.11 Å². The molecule has 0 amide bonds. The highest BCUT2D eigenvalue weighted by molar-refractivity contribution is 6.33. The van der Waals surface area contributed by atoms with Gasteiger partial charge < -0.3 is 19.4 Å². The summed E-state index contributed by atoms with van der Waals surface area (Å²) in [4.78, 5) is 4.32. The molecule has 0 radical (unpaired) electrons. The summed E-state index contributed by atoms with van der Waals surface area (Å²) < 4.78 is 9.94. The van der Waals surface area contributed by atoms with Gasteiger partial charge in [-0.25, -0.2) is 0 Å². The topological polar surface area (TPSA) is 71.8 Å². The second-order valence-electron chi connectivity index (χ2n) is 3.59. The minimum absolute atomic E-state index is 0.244. The molecule has 17 heavy (non-hydrogen) atoms. The molecule has 0 saturated carbocycles. The van der Waals surface area contributed by atoms with Crippen molar-refractivity contribution in [2.45, 2.75) is 6.92 Å². The number of aryl methyl sites for hydroxylation is 1. The van der Waals surface area contributed by atoms with Crippen molar-refractivity contribution in [1.82, 2.24) is 4.98 Å². The number of benzene rings is 1. The molecule has 5 nitrogen and oxygen atoms in total. The Morgan fingerprint density at radius 1 is 1.18 bits per heavy atom. The van der Waals surface area contributed by atoms with Gasteiger partial charge in [-0.3, -0.25) is 4.98 Å². The Balaban J connectivity index is 2.57. The molecular formula is C11H12BNO4. The third-order valence-corrected chi connectivity index (χ3v) is 2.35. The molecule has 88 valence electrons. The molecule has 6 heteroatoms. The first-order valence-corrected chi connectivity index (χ1v) is 5.08. The molecule has 1 aromatic heterocycles. The van der Waals surface area contributed by atoms with Crippen LogP contribution in [0.3, 0.4) is 0 Å². The quantitative estimate of drug-likeness (QED) is 0.770. The Labute approximate surface area is 98.8 Å². The zero-order chi connectivity index (χ0) is 12.4. The molecule has 0 fully saturated rings. The number of nitrogens with zero attached hydrogens (tertiary/aromatic N) is 1. The summed E-state index contributed by atoms with van der Waals surface area (Å²) in [6, 6.07) is 7.16. The van der Waals surface area contributed by atoms with Gasteiger partial charge in [0, 0.05) is 17.1 Å². The van der Waals surface area contributed by atoms with Gasteiger partial charge >= 0.3 is 7.32 Å². The fourth-order valence-corrected chi connectivity index (χ4v) is 1.60. The molecule has 2 N–H and O–H groups in total. The van der Waals surface area contributed by atoms with E-state index in [0.29, 0.717) is 11.3 Å². The number of pyridine rings is 1. The maximum atomic E-state index is 8.81. The van der Waals surface area contributed by atoms with Gasteiger partial charge in [0.2, 0.25) is 0 Å². The molecule has 0 aliphatic heterocycles. The molecule has 0 aliphatic carbocycles. The number of hydrogen-bond acceptors (Lipinski definition) is 5. The van der Waals surface area contributed by atoms with E-state index in [1.54, 1.807) is 12.1 Å². The molecule has 0 saturated heterocycles. The molecule has 1 heterocycles. The molecule has 0 unspecified atom stereocenters. The van der Waals surface area contributed by atoms with Crippen LogP contribution in [0.15, 0.2) is 24.3 Å². The summed E-state index contributed by atoms with van der Waals surface area (Å²) in [5, 5.41) is 18.5. The van der Waals surface area contributed by atoms with Crippen LogP contribution in [0.4, 0.5) is 0 Å². The SMILES string of the molecule is COc1cc2ccc(C)nc2cc1OB(O)O. The van der Waals surface area contributed by atoms with Gasteiger partial charge in [0.25, 0.3) is 0 Å². The predicted octanol–water partition coefficient (Wildman–Crippen LogP) is 0.900. The number of hydrogen-bond donors (Lipinski definition) is 2. The summed E-state index contributed by atoms with van der Waals surface area (Å²) in [6.07, 6.45) is 0. The second kappa shape index (κ2) is 4.61. The summed E-state index contributed by atoms with van der Waals surface area (Å²) >= 11 is 0. The van der Waals surface area contributed by atoms with Crippen molar-refractivity contribution in [2.24, 2.45) is 0 Å². The van der Waals surface area contributed by atoms with Crippen molar-refractivity contribution in [1.29, 1.82) is 0 Å². The highest BCUT2D eigenvalue weighted by Gasteiger charge is 2.16. The Hall–Kier alpha value is -1.79. The molecule has 2 aromatic rings. The van der Waals surface area contributed by atoms with Crippen LogP contribution in [-0.2, 0) is 0 Å². The van der Waals surface area contributed by atoms with Crippen LogP contribution in [0.5, 0.6) is 11.5 Å². The van der Waals surface area contributed by atoms with Crippen LogP contribution in [0.1, 0.15) is 5.69 Å². The van der Waals surface area contributed by atoms with Crippen molar-refractivity contribution in [3.63, 3.8) is 0 Å². The van der Waals surface area contributed by atoms with Crippen LogP contribution in [0.2, 0.25) is 0 Å². The molecule has 0 spiro atoms. The van der Waals surface area contributed by atoms with Crippen molar-refractivity contribution < 1.29 is 19.4 Å². The molecule has 0 aliphatic rings. The summed E-state index contributed by atoms with van der Waals surface area (Å²) in [5.74, 6) is 0.671. The minimum Gasteiger partial charge on any atom is -0.509 e.